The molecule has 1 saturated heterocycles. The Labute approximate surface area is 183 Å². The predicted octanol–water partition coefficient (Wildman–Crippen LogP) is 1.61. The highest BCUT2D eigenvalue weighted by molar-refractivity contribution is 7.89. The Morgan fingerprint density at radius 3 is 2.61 bits per heavy atom. The molecule has 164 valence electrons. The van der Waals surface area contributed by atoms with Crippen LogP contribution in [0.2, 0.25) is 0 Å². The third kappa shape index (κ3) is 3.61. The molecule has 31 heavy (non-hydrogen) atoms. The fourth-order valence-electron chi connectivity index (χ4n) is 3.99. The summed E-state index contributed by atoms with van der Waals surface area (Å²) in [4.78, 5) is 20.7. The second kappa shape index (κ2) is 7.59. The molecule has 0 radical (unpaired) electrons. The third-order valence-corrected chi connectivity index (χ3v) is 8.48. The number of thiazole rings is 1. The molecular weight excluding hydrogens is 440 g/mol. The van der Waals surface area contributed by atoms with Crippen LogP contribution in [0.15, 0.2) is 34.1 Å². The minimum absolute atomic E-state index is 0.230. The lowest BCUT2D eigenvalue weighted by Crippen LogP contribution is -2.49. The van der Waals surface area contributed by atoms with Crippen LogP contribution in [0.25, 0.3) is 4.96 Å². The fraction of sp³-hybridized carbons (Fsp3) is 0.400. The van der Waals surface area contributed by atoms with Crippen molar-refractivity contribution in [1.82, 2.24) is 18.6 Å². The van der Waals surface area contributed by atoms with Crippen molar-refractivity contribution >= 4 is 26.3 Å². The van der Waals surface area contributed by atoms with Gasteiger partial charge in [-0.05, 0) is 31.5 Å². The van der Waals surface area contributed by atoms with Gasteiger partial charge in [-0.3, -0.25) is 14.1 Å². The Hall–Kier alpha value is -2.47. The maximum atomic E-state index is 13.3. The highest BCUT2D eigenvalue weighted by Crippen LogP contribution is 2.33. The van der Waals surface area contributed by atoms with Gasteiger partial charge in [0.15, 0.2) is 21.4 Å². The Morgan fingerprint density at radius 2 is 1.84 bits per heavy atom. The topological polar surface area (TPSA) is 93.5 Å². The van der Waals surface area contributed by atoms with E-state index in [-0.39, 0.29) is 17.4 Å². The Balaban J connectivity index is 1.33. The molecule has 1 aromatic carbocycles. The van der Waals surface area contributed by atoms with Gasteiger partial charge in [-0.2, -0.15) is 4.31 Å². The third-order valence-electron chi connectivity index (χ3n) is 5.55. The average Bonchev–Trinajstić information content (AvgIpc) is 3.33. The van der Waals surface area contributed by atoms with Crippen LogP contribution in [0.3, 0.4) is 0 Å². The first kappa shape index (κ1) is 20.4. The molecule has 3 aromatic rings. The molecule has 0 atom stereocenters. The lowest BCUT2D eigenvalue weighted by atomic mass is 10.2. The SMILES string of the molecule is Cc1cn2c(=O)c(S(=O)(=O)N3CCN(Cc4ccc5c(c4)OCO5)CC3)c(C)nc2s1. The number of benzene rings is 1. The monoisotopic (exact) mass is 462 g/mol. The van der Waals surface area contributed by atoms with Crippen molar-refractivity contribution in [3.05, 3.63) is 50.9 Å². The summed E-state index contributed by atoms with van der Waals surface area (Å²) in [5.41, 5.74) is 0.793. The largest absolute Gasteiger partial charge is 0.454 e. The van der Waals surface area contributed by atoms with E-state index in [4.69, 9.17) is 9.47 Å². The van der Waals surface area contributed by atoms with Crippen molar-refractivity contribution in [2.75, 3.05) is 33.0 Å². The first-order valence-corrected chi connectivity index (χ1v) is 12.2. The molecule has 0 amide bonds. The molecule has 2 aromatic heterocycles. The van der Waals surface area contributed by atoms with Crippen LogP contribution in [0.1, 0.15) is 16.1 Å². The molecule has 4 heterocycles. The summed E-state index contributed by atoms with van der Waals surface area (Å²) in [6.45, 7) is 6.14. The van der Waals surface area contributed by atoms with Crippen molar-refractivity contribution < 1.29 is 17.9 Å². The number of rotatable bonds is 4. The molecule has 0 saturated carbocycles. The normalized spacial score (nSPS) is 17.5. The van der Waals surface area contributed by atoms with E-state index >= 15 is 0 Å². The minimum Gasteiger partial charge on any atom is -0.454 e. The number of aromatic nitrogens is 2. The standard InChI is InChI=1S/C20H22N4O5S2/c1-13-10-24-19(25)18(14(2)21-20(24)30-13)31(26,27)23-7-5-22(6-8-23)11-15-3-4-16-17(9-15)29-12-28-16/h3-4,9-10H,5-8,11-12H2,1-2H3. The van der Waals surface area contributed by atoms with Gasteiger partial charge in [0.05, 0.1) is 5.69 Å². The maximum absolute atomic E-state index is 13.3. The van der Waals surface area contributed by atoms with E-state index in [0.717, 1.165) is 21.9 Å². The Morgan fingerprint density at radius 1 is 1.10 bits per heavy atom. The van der Waals surface area contributed by atoms with Crippen LogP contribution in [0.4, 0.5) is 0 Å². The van der Waals surface area contributed by atoms with Gasteiger partial charge in [-0.15, -0.1) is 11.3 Å². The molecule has 1 fully saturated rings. The molecule has 0 unspecified atom stereocenters. The number of hydrogen-bond acceptors (Lipinski definition) is 8. The molecule has 2 aliphatic heterocycles. The molecule has 0 aliphatic carbocycles. The Kier molecular flexibility index (Phi) is 5.00. The van der Waals surface area contributed by atoms with E-state index in [0.29, 0.717) is 37.7 Å². The number of sulfonamides is 1. The molecular formula is C20H22N4O5S2. The molecule has 2 aliphatic rings. The molecule has 5 rings (SSSR count). The number of fused-ring (bicyclic) bond motifs is 2. The van der Waals surface area contributed by atoms with E-state index in [1.54, 1.807) is 13.1 Å². The summed E-state index contributed by atoms with van der Waals surface area (Å²) in [6, 6.07) is 5.84. The number of nitrogens with zero attached hydrogens (tertiary/aromatic N) is 4. The molecule has 9 nitrogen and oxygen atoms in total. The highest BCUT2D eigenvalue weighted by atomic mass is 32.2. The summed E-state index contributed by atoms with van der Waals surface area (Å²) in [5, 5.41) is 0. The summed E-state index contributed by atoms with van der Waals surface area (Å²) < 4.78 is 40.1. The molecule has 0 bridgehead atoms. The van der Waals surface area contributed by atoms with Crippen LogP contribution in [0, 0.1) is 13.8 Å². The lowest BCUT2D eigenvalue weighted by Gasteiger charge is -2.34. The number of ether oxygens (including phenoxy) is 2. The predicted molar refractivity (Wildman–Crippen MR) is 115 cm³/mol. The van der Waals surface area contributed by atoms with Gasteiger partial charge in [0.1, 0.15) is 0 Å². The quantitative estimate of drug-likeness (QED) is 0.581. The number of hydrogen-bond donors (Lipinski definition) is 0. The van der Waals surface area contributed by atoms with Gasteiger partial charge in [-0.25, -0.2) is 13.4 Å². The van der Waals surface area contributed by atoms with Crippen molar-refractivity contribution in [3.63, 3.8) is 0 Å². The van der Waals surface area contributed by atoms with Crippen molar-refractivity contribution in [2.24, 2.45) is 0 Å². The zero-order valence-corrected chi connectivity index (χ0v) is 18.8. The summed E-state index contributed by atoms with van der Waals surface area (Å²) >= 11 is 1.36. The van der Waals surface area contributed by atoms with Gasteiger partial charge in [-0.1, -0.05) is 6.07 Å². The van der Waals surface area contributed by atoms with E-state index in [1.807, 2.05) is 25.1 Å². The van der Waals surface area contributed by atoms with Crippen LogP contribution in [-0.4, -0.2) is 60.0 Å². The van der Waals surface area contributed by atoms with E-state index in [9.17, 15) is 13.2 Å². The van der Waals surface area contributed by atoms with Gasteiger partial charge in [0.2, 0.25) is 6.79 Å². The van der Waals surface area contributed by atoms with Crippen LogP contribution >= 0.6 is 11.3 Å². The minimum atomic E-state index is -3.93. The van der Waals surface area contributed by atoms with Gasteiger partial charge in [0.25, 0.3) is 15.6 Å². The van der Waals surface area contributed by atoms with E-state index in [1.165, 1.54) is 20.0 Å². The van der Waals surface area contributed by atoms with E-state index in [2.05, 4.69) is 9.88 Å². The fourth-order valence-corrected chi connectivity index (χ4v) is 6.49. The van der Waals surface area contributed by atoms with Gasteiger partial charge in [0, 0.05) is 43.8 Å². The summed E-state index contributed by atoms with van der Waals surface area (Å²) in [7, 11) is -3.93. The lowest BCUT2D eigenvalue weighted by molar-refractivity contribution is 0.173. The second-order valence-electron chi connectivity index (χ2n) is 7.69. The first-order valence-electron chi connectivity index (χ1n) is 9.93. The van der Waals surface area contributed by atoms with Crippen molar-refractivity contribution in [1.29, 1.82) is 0 Å². The van der Waals surface area contributed by atoms with Crippen LogP contribution < -0.4 is 15.0 Å². The summed E-state index contributed by atoms with van der Waals surface area (Å²) in [5.74, 6) is 1.48. The second-order valence-corrected chi connectivity index (χ2v) is 10.8. The molecule has 0 spiro atoms. The van der Waals surface area contributed by atoms with Gasteiger partial charge < -0.3 is 9.47 Å². The molecule has 11 heteroatoms. The first-order chi connectivity index (χ1) is 14.8. The highest BCUT2D eigenvalue weighted by Gasteiger charge is 2.33. The zero-order valence-electron chi connectivity index (χ0n) is 17.2. The van der Waals surface area contributed by atoms with Gasteiger partial charge >= 0.3 is 0 Å². The smallest absolute Gasteiger partial charge is 0.279 e. The van der Waals surface area contributed by atoms with Crippen LogP contribution in [-0.2, 0) is 16.6 Å². The van der Waals surface area contributed by atoms with Crippen molar-refractivity contribution in [2.45, 2.75) is 25.3 Å². The van der Waals surface area contributed by atoms with E-state index < -0.39 is 15.6 Å². The Bertz CT molecular complexity index is 1320. The average molecular weight is 463 g/mol. The maximum Gasteiger partial charge on any atom is 0.279 e. The number of aryl methyl sites for hydroxylation is 2. The van der Waals surface area contributed by atoms with Crippen molar-refractivity contribution in [3.8, 4) is 11.5 Å². The summed E-state index contributed by atoms with van der Waals surface area (Å²) in [6.07, 6.45) is 1.64. The molecule has 0 N–H and O–H groups in total. The van der Waals surface area contributed by atoms with Crippen LogP contribution in [0.5, 0.6) is 11.5 Å². The number of piperazine rings is 1. The zero-order chi connectivity index (χ0) is 21.8.